The molecule has 1 unspecified atom stereocenters. The lowest BCUT2D eigenvalue weighted by atomic mass is 10.0. The predicted molar refractivity (Wildman–Crippen MR) is 47.4 cm³/mol. The van der Waals surface area contributed by atoms with Crippen LogP contribution in [0.2, 0.25) is 0 Å². The lowest BCUT2D eigenvalue weighted by Gasteiger charge is -2.34. The third kappa shape index (κ3) is 3.13. The van der Waals surface area contributed by atoms with E-state index in [4.69, 9.17) is 10.4 Å². The maximum atomic E-state index is 12.8. The van der Waals surface area contributed by atoms with Crippen LogP contribution in [-0.2, 0) is 4.79 Å². The van der Waals surface area contributed by atoms with Crippen molar-refractivity contribution in [3.63, 3.8) is 0 Å². The Morgan fingerprint density at radius 2 is 2.07 bits per heavy atom. The van der Waals surface area contributed by atoms with Gasteiger partial charge in [0.25, 0.3) is 5.92 Å². The van der Waals surface area contributed by atoms with E-state index in [1.807, 2.05) is 0 Å². The lowest BCUT2D eigenvalue weighted by molar-refractivity contribution is -0.146. The van der Waals surface area contributed by atoms with Crippen molar-refractivity contribution in [2.75, 3.05) is 13.1 Å². The van der Waals surface area contributed by atoms with Gasteiger partial charge in [-0.05, 0) is 0 Å². The summed E-state index contributed by atoms with van der Waals surface area (Å²) in [5.41, 5.74) is 0. The van der Waals surface area contributed by atoms with Crippen molar-refractivity contribution in [2.24, 2.45) is 0 Å². The van der Waals surface area contributed by atoms with Crippen LogP contribution in [0.15, 0.2) is 0 Å². The molecule has 1 heterocycles. The smallest absolute Gasteiger partial charge is 0.321 e. The molecule has 15 heavy (non-hydrogen) atoms. The van der Waals surface area contributed by atoms with Gasteiger partial charge in [-0.2, -0.15) is 5.26 Å². The van der Waals surface area contributed by atoms with Gasteiger partial charge in [0.15, 0.2) is 0 Å². The van der Waals surface area contributed by atoms with Gasteiger partial charge >= 0.3 is 5.97 Å². The molecule has 0 aliphatic carbocycles. The Balaban J connectivity index is 2.57. The second-order valence-corrected chi connectivity index (χ2v) is 3.61. The van der Waals surface area contributed by atoms with E-state index in [9.17, 15) is 13.6 Å². The van der Waals surface area contributed by atoms with E-state index in [1.165, 1.54) is 4.90 Å². The SMILES string of the molecule is N#CCC(C(=O)O)N1CCC(F)(F)CC1. The van der Waals surface area contributed by atoms with Crippen molar-refractivity contribution < 1.29 is 18.7 Å². The first-order valence-corrected chi connectivity index (χ1v) is 4.68. The molecule has 0 spiro atoms. The Hall–Kier alpha value is -1.22. The molecule has 6 heteroatoms. The van der Waals surface area contributed by atoms with Crippen LogP contribution in [0.3, 0.4) is 0 Å². The highest BCUT2D eigenvalue weighted by Gasteiger charge is 2.37. The maximum Gasteiger partial charge on any atom is 0.321 e. The minimum atomic E-state index is -2.69. The van der Waals surface area contributed by atoms with Crippen molar-refractivity contribution >= 4 is 5.97 Å². The summed E-state index contributed by atoms with van der Waals surface area (Å²) in [5, 5.41) is 17.2. The third-order valence-corrected chi connectivity index (χ3v) is 2.54. The second kappa shape index (κ2) is 4.53. The van der Waals surface area contributed by atoms with Gasteiger partial charge in [0.05, 0.1) is 12.5 Å². The van der Waals surface area contributed by atoms with E-state index < -0.39 is 17.9 Å². The fourth-order valence-corrected chi connectivity index (χ4v) is 1.62. The fraction of sp³-hybridized carbons (Fsp3) is 0.778. The van der Waals surface area contributed by atoms with E-state index >= 15 is 0 Å². The van der Waals surface area contributed by atoms with Crippen LogP contribution < -0.4 is 0 Å². The summed E-state index contributed by atoms with van der Waals surface area (Å²) in [6.07, 6.45) is -0.828. The second-order valence-electron chi connectivity index (χ2n) is 3.61. The van der Waals surface area contributed by atoms with E-state index in [1.54, 1.807) is 6.07 Å². The van der Waals surface area contributed by atoms with Crippen LogP contribution in [0, 0.1) is 11.3 Å². The summed E-state index contributed by atoms with van der Waals surface area (Å²) in [6, 6.07) is 0.804. The van der Waals surface area contributed by atoms with Crippen molar-refractivity contribution in [1.82, 2.24) is 4.90 Å². The molecule has 1 atom stereocenters. The van der Waals surface area contributed by atoms with E-state index in [0.717, 1.165) is 0 Å². The number of carboxylic acids is 1. The van der Waals surface area contributed by atoms with Gasteiger partial charge in [0, 0.05) is 25.9 Å². The zero-order chi connectivity index (χ0) is 11.5. The van der Waals surface area contributed by atoms with Crippen LogP contribution in [0.4, 0.5) is 8.78 Å². The first kappa shape index (κ1) is 11.9. The summed E-state index contributed by atoms with van der Waals surface area (Å²) < 4.78 is 25.6. The molecule has 0 aromatic heterocycles. The highest BCUT2D eigenvalue weighted by atomic mass is 19.3. The van der Waals surface area contributed by atoms with E-state index in [0.29, 0.717) is 0 Å². The Morgan fingerprint density at radius 3 is 2.47 bits per heavy atom. The summed E-state index contributed by atoms with van der Waals surface area (Å²) >= 11 is 0. The summed E-state index contributed by atoms with van der Waals surface area (Å²) in [6.45, 7) is 0.0668. The standard InChI is InChI=1S/C9H12F2N2O2/c10-9(11)2-5-13(6-3-9)7(1-4-12)8(14)15/h7H,1-3,5-6H2,(H,14,15). The Kier molecular flexibility index (Phi) is 3.58. The molecule has 1 aliphatic heterocycles. The van der Waals surface area contributed by atoms with Crippen LogP contribution in [0.5, 0.6) is 0 Å². The molecule has 0 bridgehead atoms. The number of rotatable bonds is 3. The van der Waals surface area contributed by atoms with Gasteiger partial charge in [-0.1, -0.05) is 0 Å². The number of carbonyl (C=O) groups is 1. The fourth-order valence-electron chi connectivity index (χ4n) is 1.62. The highest BCUT2D eigenvalue weighted by molar-refractivity contribution is 5.73. The van der Waals surface area contributed by atoms with Crippen molar-refractivity contribution in [2.45, 2.75) is 31.2 Å². The minimum absolute atomic E-state index is 0.0334. The lowest BCUT2D eigenvalue weighted by Crippen LogP contribution is -2.48. The molecular weight excluding hydrogens is 206 g/mol. The van der Waals surface area contributed by atoms with Crippen LogP contribution in [0.25, 0.3) is 0 Å². The molecule has 1 N–H and O–H groups in total. The Labute approximate surface area is 86.1 Å². The number of carboxylic acid groups (broad SMARTS) is 1. The highest BCUT2D eigenvalue weighted by Crippen LogP contribution is 2.28. The average Bonchev–Trinajstić information content (AvgIpc) is 2.14. The maximum absolute atomic E-state index is 12.8. The number of nitriles is 1. The molecule has 1 aliphatic rings. The summed E-state index contributed by atoms with van der Waals surface area (Å²) in [4.78, 5) is 12.2. The number of piperidine rings is 1. The largest absolute Gasteiger partial charge is 0.480 e. The average molecular weight is 218 g/mol. The molecule has 0 amide bonds. The number of aliphatic carboxylic acids is 1. The molecule has 1 fully saturated rings. The third-order valence-electron chi connectivity index (χ3n) is 2.54. The molecule has 0 aromatic rings. The van der Waals surface area contributed by atoms with E-state index in [2.05, 4.69) is 0 Å². The topological polar surface area (TPSA) is 64.3 Å². The van der Waals surface area contributed by atoms with Crippen LogP contribution >= 0.6 is 0 Å². The zero-order valence-electron chi connectivity index (χ0n) is 8.12. The van der Waals surface area contributed by atoms with Gasteiger partial charge in [-0.3, -0.25) is 9.69 Å². The Morgan fingerprint density at radius 1 is 1.53 bits per heavy atom. The number of hydrogen-bond donors (Lipinski definition) is 1. The van der Waals surface area contributed by atoms with E-state index in [-0.39, 0.29) is 32.4 Å². The van der Waals surface area contributed by atoms with Gasteiger partial charge in [0.2, 0.25) is 0 Å². The van der Waals surface area contributed by atoms with Gasteiger partial charge < -0.3 is 5.11 Å². The van der Waals surface area contributed by atoms with Crippen molar-refractivity contribution in [3.8, 4) is 6.07 Å². The molecule has 1 rings (SSSR count). The van der Waals surface area contributed by atoms with Gasteiger partial charge in [-0.15, -0.1) is 0 Å². The quantitative estimate of drug-likeness (QED) is 0.770. The van der Waals surface area contributed by atoms with Gasteiger partial charge in [-0.25, -0.2) is 8.78 Å². The minimum Gasteiger partial charge on any atom is -0.480 e. The molecule has 0 aromatic carbocycles. The monoisotopic (exact) mass is 218 g/mol. The first-order chi connectivity index (χ1) is 6.96. The molecular formula is C9H12F2N2O2. The summed E-state index contributed by atoms with van der Waals surface area (Å²) in [7, 11) is 0. The number of nitrogens with zero attached hydrogens (tertiary/aromatic N) is 2. The normalized spacial score (nSPS) is 23.0. The van der Waals surface area contributed by atoms with Crippen LogP contribution in [0.1, 0.15) is 19.3 Å². The molecule has 84 valence electrons. The molecule has 0 saturated carbocycles. The summed E-state index contributed by atoms with van der Waals surface area (Å²) in [5.74, 6) is -3.81. The predicted octanol–water partition coefficient (Wildman–Crippen LogP) is 1.08. The van der Waals surface area contributed by atoms with Crippen molar-refractivity contribution in [1.29, 1.82) is 5.26 Å². The zero-order valence-corrected chi connectivity index (χ0v) is 8.12. The molecule has 4 nitrogen and oxygen atoms in total. The number of halogens is 2. The van der Waals surface area contributed by atoms with Gasteiger partial charge in [0.1, 0.15) is 6.04 Å². The number of likely N-dealkylation sites (tertiary alicyclic amines) is 1. The molecule has 1 saturated heterocycles. The molecule has 0 radical (unpaired) electrons. The first-order valence-electron chi connectivity index (χ1n) is 4.68. The van der Waals surface area contributed by atoms with Crippen LogP contribution in [-0.4, -0.2) is 41.0 Å². The van der Waals surface area contributed by atoms with Crippen molar-refractivity contribution in [3.05, 3.63) is 0 Å². The Bertz CT molecular complexity index is 278. The number of alkyl halides is 2. The number of hydrogen-bond acceptors (Lipinski definition) is 3.